The molecular formula is C38H53N2+. The van der Waals surface area contributed by atoms with E-state index >= 15 is 0 Å². The molecule has 0 saturated heterocycles. The van der Waals surface area contributed by atoms with Gasteiger partial charge >= 0.3 is 0 Å². The Morgan fingerprint density at radius 2 is 1.32 bits per heavy atom. The van der Waals surface area contributed by atoms with E-state index in [9.17, 15) is 0 Å². The highest BCUT2D eigenvalue weighted by atomic mass is 15.2. The number of hydrogen-bond acceptors (Lipinski definition) is 1. The molecule has 2 aliphatic heterocycles. The number of fused-ring (bicyclic) bond motifs is 2. The van der Waals surface area contributed by atoms with Crippen LogP contribution in [-0.2, 0) is 10.8 Å². The lowest BCUT2D eigenvalue weighted by molar-refractivity contribution is -0.437. The first kappa shape index (κ1) is 30.1. The highest BCUT2D eigenvalue weighted by Crippen LogP contribution is 2.47. The SMILES string of the molecule is CCCCCCCCCCN1C(=CC=CC=CC2=[N+](CCC)c3ccccc3C2(C)C)C(C)(C)c2ccccc21. The Morgan fingerprint density at radius 1 is 0.675 bits per heavy atom. The molecule has 0 N–H and O–H groups in total. The van der Waals surface area contributed by atoms with Gasteiger partial charge in [-0.2, -0.15) is 4.58 Å². The lowest BCUT2D eigenvalue weighted by atomic mass is 9.81. The third-order valence-corrected chi connectivity index (χ3v) is 9.01. The van der Waals surface area contributed by atoms with Crippen LogP contribution in [0.1, 0.15) is 110 Å². The first-order valence-electron chi connectivity index (χ1n) is 16.0. The third-order valence-electron chi connectivity index (χ3n) is 9.01. The van der Waals surface area contributed by atoms with E-state index in [0.717, 1.165) is 19.5 Å². The van der Waals surface area contributed by atoms with Crippen LogP contribution in [0.4, 0.5) is 11.4 Å². The summed E-state index contributed by atoms with van der Waals surface area (Å²) in [6.45, 7) is 16.2. The summed E-state index contributed by atoms with van der Waals surface area (Å²) >= 11 is 0. The Hall–Kier alpha value is -2.87. The van der Waals surface area contributed by atoms with Crippen LogP contribution in [0, 0.1) is 0 Å². The maximum Gasteiger partial charge on any atom is 0.209 e. The summed E-state index contributed by atoms with van der Waals surface area (Å²) < 4.78 is 2.51. The first-order chi connectivity index (χ1) is 19.3. The smallest absolute Gasteiger partial charge is 0.209 e. The predicted molar refractivity (Wildman–Crippen MR) is 175 cm³/mol. The van der Waals surface area contributed by atoms with Gasteiger partial charge in [0.15, 0.2) is 5.71 Å². The maximum atomic E-state index is 2.59. The second-order valence-electron chi connectivity index (χ2n) is 12.7. The Kier molecular flexibility index (Phi) is 10.3. The van der Waals surface area contributed by atoms with Crippen molar-refractivity contribution in [3.05, 3.63) is 95.7 Å². The van der Waals surface area contributed by atoms with E-state index < -0.39 is 0 Å². The number of anilines is 1. The largest absolute Gasteiger partial charge is 0.344 e. The fourth-order valence-electron chi connectivity index (χ4n) is 6.75. The topological polar surface area (TPSA) is 6.25 Å². The summed E-state index contributed by atoms with van der Waals surface area (Å²) in [6.07, 6.45) is 23.4. The van der Waals surface area contributed by atoms with Crippen LogP contribution >= 0.6 is 0 Å². The molecule has 2 nitrogen and oxygen atoms in total. The minimum absolute atomic E-state index is 0.00651. The van der Waals surface area contributed by atoms with Crippen molar-refractivity contribution in [3.8, 4) is 0 Å². The van der Waals surface area contributed by atoms with Crippen LogP contribution in [-0.4, -0.2) is 23.4 Å². The predicted octanol–water partition coefficient (Wildman–Crippen LogP) is 10.4. The average Bonchev–Trinajstić information content (AvgIpc) is 3.29. The van der Waals surface area contributed by atoms with Crippen molar-refractivity contribution in [1.29, 1.82) is 0 Å². The van der Waals surface area contributed by atoms with Crippen molar-refractivity contribution in [2.75, 3.05) is 18.0 Å². The lowest BCUT2D eigenvalue weighted by Gasteiger charge is -2.27. The summed E-state index contributed by atoms with van der Waals surface area (Å²) in [5.74, 6) is 0. The fourth-order valence-corrected chi connectivity index (χ4v) is 6.75. The number of benzene rings is 2. The molecule has 0 fully saturated rings. The molecule has 40 heavy (non-hydrogen) atoms. The third kappa shape index (κ3) is 6.37. The van der Waals surface area contributed by atoms with Crippen molar-refractivity contribution >= 4 is 17.1 Å². The molecule has 0 atom stereocenters. The number of allylic oxidation sites excluding steroid dienone is 6. The minimum atomic E-state index is 0.00651. The van der Waals surface area contributed by atoms with Crippen molar-refractivity contribution in [2.24, 2.45) is 0 Å². The summed E-state index contributed by atoms with van der Waals surface area (Å²) in [6, 6.07) is 17.9. The van der Waals surface area contributed by atoms with Gasteiger partial charge in [0.2, 0.25) is 5.69 Å². The van der Waals surface area contributed by atoms with Gasteiger partial charge in [0.05, 0.1) is 5.41 Å². The zero-order valence-electron chi connectivity index (χ0n) is 26.2. The molecule has 0 unspecified atom stereocenters. The van der Waals surface area contributed by atoms with E-state index in [0.29, 0.717) is 0 Å². The highest BCUT2D eigenvalue weighted by molar-refractivity contribution is 6.03. The average molecular weight is 538 g/mol. The lowest BCUT2D eigenvalue weighted by Crippen LogP contribution is -2.27. The summed E-state index contributed by atoms with van der Waals surface area (Å²) in [4.78, 5) is 2.59. The van der Waals surface area contributed by atoms with E-state index in [2.05, 4.69) is 130 Å². The number of para-hydroxylation sites is 2. The molecule has 0 bridgehead atoms. The van der Waals surface area contributed by atoms with Crippen molar-refractivity contribution in [1.82, 2.24) is 0 Å². The number of hydrogen-bond donors (Lipinski definition) is 0. The molecule has 0 aliphatic carbocycles. The van der Waals surface area contributed by atoms with Gasteiger partial charge in [0, 0.05) is 47.5 Å². The number of rotatable bonds is 14. The van der Waals surface area contributed by atoms with E-state index in [4.69, 9.17) is 0 Å². The fraction of sp³-hybridized carbons (Fsp3) is 0.500. The zero-order chi connectivity index (χ0) is 28.6. The van der Waals surface area contributed by atoms with Gasteiger partial charge in [-0.1, -0.05) is 127 Å². The number of unbranched alkanes of at least 4 members (excludes halogenated alkanes) is 7. The van der Waals surface area contributed by atoms with Crippen LogP contribution in [0.25, 0.3) is 0 Å². The minimum Gasteiger partial charge on any atom is -0.344 e. The molecule has 0 radical (unpaired) electrons. The molecule has 2 aliphatic rings. The molecule has 0 spiro atoms. The van der Waals surface area contributed by atoms with Gasteiger partial charge in [0.25, 0.3) is 0 Å². The van der Waals surface area contributed by atoms with Crippen molar-refractivity contribution in [3.63, 3.8) is 0 Å². The molecule has 0 aromatic heterocycles. The Balaban J connectivity index is 1.48. The highest BCUT2D eigenvalue weighted by Gasteiger charge is 2.43. The van der Waals surface area contributed by atoms with Crippen molar-refractivity contribution in [2.45, 2.75) is 110 Å². The molecule has 2 heteroatoms. The summed E-state index contributed by atoms with van der Waals surface area (Å²) in [5, 5.41) is 0. The molecular weight excluding hydrogens is 484 g/mol. The molecule has 4 rings (SSSR count). The quantitative estimate of drug-likeness (QED) is 0.132. The summed E-state index contributed by atoms with van der Waals surface area (Å²) in [5.41, 5.74) is 8.44. The Labute approximate surface area is 245 Å². The zero-order valence-corrected chi connectivity index (χ0v) is 26.2. The van der Waals surface area contributed by atoms with Crippen LogP contribution < -0.4 is 4.90 Å². The molecule has 2 aromatic rings. The molecule has 0 saturated carbocycles. The van der Waals surface area contributed by atoms with Crippen LogP contribution in [0.2, 0.25) is 0 Å². The van der Waals surface area contributed by atoms with Crippen LogP contribution in [0.15, 0.2) is 84.6 Å². The number of nitrogens with zero attached hydrogens (tertiary/aromatic N) is 2. The normalized spacial score (nSPS) is 18.4. The molecule has 2 heterocycles. The molecule has 2 aromatic carbocycles. The first-order valence-corrected chi connectivity index (χ1v) is 16.0. The van der Waals surface area contributed by atoms with Gasteiger partial charge in [0.1, 0.15) is 6.54 Å². The van der Waals surface area contributed by atoms with E-state index in [1.807, 2.05) is 0 Å². The van der Waals surface area contributed by atoms with Gasteiger partial charge in [-0.15, -0.1) is 0 Å². The molecule has 0 amide bonds. The second kappa shape index (κ2) is 13.7. The van der Waals surface area contributed by atoms with Crippen molar-refractivity contribution < 1.29 is 4.58 Å². The monoisotopic (exact) mass is 537 g/mol. The van der Waals surface area contributed by atoms with Gasteiger partial charge in [-0.05, 0) is 38.0 Å². The van der Waals surface area contributed by atoms with Gasteiger partial charge in [-0.25, -0.2) is 0 Å². The Morgan fingerprint density at radius 3 is 2.05 bits per heavy atom. The standard InChI is InChI=1S/C38H53N2/c1-7-9-10-11-12-13-14-22-30-40-34-26-21-19-24-32(34)38(5,6)36(40)28-17-15-16-27-35-37(3,4)31-23-18-20-25-33(31)39(35)29-8-2/h15-21,23-28H,7-14,22,29-30H2,1-6H3/q+1. The van der Waals surface area contributed by atoms with E-state index in [1.165, 1.54) is 85.3 Å². The molecule has 214 valence electrons. The second-order valence-corrected chi connectivity index (χ2v) is 12.7. The van der Waals surface area contributed by atoms with Crippen LogP contribution in [0.3, 0.4) is 0 Å². The van der Waals surface area contributed by atoms with E-state index in [-0.39, 0.29) is 10.8 Å². The van der Waals surface area contributed by atoms with Gasteiger partial charge in [-0.3, -0.25) is 0 Å². The Bertz CT molecular complexity index is 1250. The van der Waals surface area contributed by atoms with Gasteiger partial charge < -0.3 is 4.90 Å². The van der Waals surface area contributed by atoms with Crippen LogP contribution in [0.5, 0.6) is 0 Å². The maximum absolute atomic E-state index is 2.59. The van der Waals surface area contributed by atoms with E-state index in [1.54, 1.807) is 0 Å². The summed E-state index contributed by atoms with van der Waals surface area (Å²) in [7, 11) is 0.